The number of likely N-dealkylation sites (tertiary alicyclic amines) is 1. The monoisotopic (exact) mass is 337 g/mol. The van der Waals surface area contributed by atoms with Crippen LogP contribution in [-0.4, -0.2) is 47.6 Å². The lowest BCUT2D eigenvalue weighted by atomic mass is 10.00. The largest absolute Gasteiger partial charge is 0.388 e. The third-order valence-corrected chi connectivity index (χ3v) is 4.51. The average molecular weight is 337 g/mol. The van der Waals surface area contributed by atoms with E-state index in [0.717, 1.165) is 19.4 Å². The average Bonchev–Trinajstić information content (AvgIpc) is 3.02. The Labute approximate surface area is 141 Å². The van der Waals surface area contributed by atoms with Crippen molar-refractivity contribution in [2.45, 2.75) is 44.4 Å². The first-order valence-corrected chi connectivity index (χ1v) is 8.14. The molecular formula is C17H24FN3O3. The molecule has 1 aliphatic heterocycles. The van der Waals surface area contributed by atoms with Crippen LogP contribution in [0.15, 0.2) is 24.3 Å². The number of amides is 3. The number of nitrogens with one attached hydrogen (secondary N) is 2. The van der Waals surface area contributed by atoms with E-state index < -0.39 is 18.2 Å². The summed E-state index contributed by atoms with van der Waals surface area (Å²) in [6, 6.07) is 4.83. The van der Waals surface area contributed by atoms with Crippen LogP contribution in [0, 0.1) is 5.82 Å². The number of nitrogens with zero attached hydrogens (tertiary/aromatic N) is 1. The lowest BCUT2D eigenvalue weighted by molar-refractivity contribution is -0.125. The number of halogens is 1. The van der Waals surface area contributed by atoms with Crippen LogP contribution in [0.4, 0.5) is 9.18 Å². The summed E-state index contributed by atoms with van der Waals surface area (Å²) in [4.78, 5) is 25.4. The molecule has 2 rings (SSSR count). The first-order valence-electron chi connectivity index (χ1n) is 8.14. The standard InChI is InChI=1S/C17H24FN3O3/c1-11(16(23)20-17(24)19-2)21-9-3-4-14(21)10-15(22)12-5-7-13(18)8-6-12/h5-8,11,14-15,22H,3-4,9-10H2,1-2H3,(H2,19,20,23,24). The van der Waals surface area contributed by atoms with Crippen LogP contribution in [0.25, 0.3) is 0 Å². The molecule has 0 aliphatic carbocycles. The Morgan fingerprint density at radius 3 is 2.67 bits per heavy atom. The molecule has 1 heterocycles. The maximum atomic E-state index is 13.0. The number of urea groups is 1. The molecule has 1 saturated heterocycles. The van der Waals surface area contributed by atoms with Crippen LogP contribution in [0.1, 0.15) is 37.9 Å². The fourth-order valence-electron chi connectivity index (χ4n) is 3.13. The molecule has 1 aromatic rings. The van der Waals surface area contributed by atoms with Crippen LogP contribution >= 0.6 is 0 Å². The van der Waals surface area contributed by atoms with Crippen molar-refractivity contribution in [3.63, 3.8) is 0 Å². The van der Waals surface area contributed by atoms with Crippen molar-refractivity contribution in [3.05, 3.63) is 35.6 Å². The zero-order valence-electron chi connectivity index (χ0n) is 14.0. The molecule has 0 saturated carbocycles. The molecule has 3 amide bonds. The molecule has 0 radical (unpaired) electrons. The normalized spacial score (nSPS) is 20.4. The van der Waals surface area contributed by atoms with E-state index >= 15 is 0 Å². The fourth-order valence-corrected chi connectivity index (χ4v) is 3.13. The number of rotatable bonds is 5. The molecule has 1 aromatic carbocycles. The maximum Gasteiger partial charge on any atom is 0.321 e. The lowest BCUT2D eigenvalue weighted by Gasteiger charge is -2.31. The van der Waals surface area contributed by atoms with E-state index in [0.29, 0.717) is 12.0 Å². The Balaban J connectivity index is 1.98. The molecule has 0 spiro atoms. The molecular weight excluding hydrogens is 313 g/mol. The van der Waals surface area contributed by atoms with E-state index in [-0.39, 0.29) is 17.8 Å². The first kappa shape index (κ1) is 18.4. The molecule has 1 fully saturated rings. The number of imide groups is 1. The number of carbonyl (C=O) groups excluding carboxylic acids is 2. The summed E-state index contributed by atoms with van der Waals surface area (Å²) in [6.07, 6.45) is 1.54. The van der Waals surface area contributed by atoms with Crippen molar-refractivity contribution in [1.29, 1.82) is 0 Å². The van der Waals surface area contributed by atoms with Gasteiger partial charge in [0.2, 0.25) is 5.91 Å². The van der Waals surface area contributed by atoms with Crippen molar-refractivity contribution < 1.29 is 19.1 Å². The summed E-state index contributed by atoms with van der Waals surface area (Å²) in [6.45, 7) is 2.49. The Morgan fingerprint density at radius 2 is 2.04 bits per heavy atom. The Bertz CT molecular complexity index is 579. The zero-order chi connectivity index (χ0) is 17.7. The number of hydrogen-bond acceptors (Lipinski definition) is 4. The van der Waals surface area contributed by atoms with Crippen molar-refractivity contribution in [2.75, 3.05) is 13.6 Å². The minimum atomic E-state index is -0.717. The second kappa shape index (κ2) is 8.21. The summed E-state index contributed by atoms with van der Waals surface area (Å²) in [5, 5.41) is 15.0. The third kappa shape index (κ3) is 4.52. The molecule has 1 aliphatic rings. The number of hydrogen-bond donors (Lipinski definition) is 3. The molecule has 0 aromatic heterocycles. The smallest absolute Gasteiger partial charge is 0.321 e. The predicted octanol–water partition coefficient (Wildman–Crippen LogP) is 1.56. The van der Waals surface area contributed by atoms with E-state index in [4.69, 9.17) is 0 Å². The zero-order valence-corrected chi connectivity index (χ0v) is 14.0. The summed E-state index contributed by atoms with van der Waals surface area (Å²) in [5.41, 5.74) is 0.658. The summed E-state index contributed by atoms with van der Waals surface area (Å²) in [5.74, 6) is -0.703. The van der Waals surface area contributed by atoms with Crippen molar-refractivity contribution in [1.82, 2.24) is 15.5 Å². The Kier molecular flexibility index (Phi) is 6.28. The highest BCUT2D eigenvalue weighted by Gasteiger charge is 2.33. The summed E-state index contributed by atoms with van der Waals surface area (Å²) >= 11 is 0. The molecule has 24 heavy (non-hydrogen) atoms. The first-order chi connectivity index (χ1) is 11.4. The van der Waals surface area contributed by atoms with Crippen molar-refractivity contribution in [3.8, 4) is 0 Å². The van der Waals surface area contributed by atoms with E-state index in [1.54, 1.807) is 19.1 Å². The fraction of sp³-hybridized carbons (Fsp3) is 0.529. The minimum absolute atomic E-state index is 0.0375. The van der Waals surface area contributed by atoms with Crippen molar-refractivity contribution >= 4 is 11.9 Å². The van der Waals surface area contributed by atoms with Gasteiger partial charge in [-0.25, -0.2) is 9.18 Å². The lowest BCUT2D eigenvalue weighted by Crippen LogP contribution is -2.50. The molecule has 132 valence electrons. The molecule has 3 unspecified atom stereocenters. The second-order valence-electron chi connectivity index (χ2n) is 6.08. The summed E-state index contributed by atoms with van der Waals surface area (Å²) in [7, 11) is 1.45. The Morgan fingerprint density at radius 1 is 1.38 bits per heavy atom. The quantitative estimate of drug-likeness (QED) is 0.762. The topological polar surface area (TPSA) is 81.7 Å². The molecule has 7 heteroatoms. The van der Waals surface area contributed by atoms with E-state index in [1.165, 1.54) is 19.2 Å². The van der Waals surface area contributed by atoms with Gasteiger partial charge in [0.05, 0.1) is 12.1 Å². The van der Waals surface area contributed by atoms with E-state index in [1.807, 2.05) is 4.90 Å². The van der Waals surface area contributed by atoms with Crippen LogP contribution in [-0.2, 0) is 4.79 Å². The number of aliphatic hydroxyl groups is 1. The van der Waals surface area contributed by atoms with Crippen LogP contribution in [0.3, 0.4) is 0 Å². The van der Waals surface area contributed by atoms with Gasteiger partial charge in [0.15, 0.2) is 0 Å². The van der Waals surface area contributed by atoms with Gasteiger partial charge in [0.25, 0.3) is 0 Å². The number of carbonyl (C=O) groups is 2. The molecule has 3 atom stereocenters. The number of aliphatic hydroxyl groups excluding tert-OH is 1. The second-order valence-corrected chi connectivity index (χ2v) is 6.08. The molecule has 0 bridgehead atoms. The van der Waals surface area contributed by atoms with Crippen LogP contribution in [0.5, 0.6) is 0 Å². The van der Waals surface area contributed by atoms with Gasteiger partial charge < -0.3 is 10.4 Å². The summed E-state index contributed by atoms with van der Waals surface area (Å²) < 4.78 is 13.0. The molecule has 6 nitrogen and oxygen atoms in total. The number of benzene rings is 1. The highest BCUT2D eigenvalue weighted by atomic mass is 19.1. The maximum absolute atomic E-state index is 13.0. The Hall–Kier alpha value is -1.99. The van der Waals surface area contributed by atoms with Crippen molar-refractivity contribution in [2.24, 2.45) is 0 Å². The van der Waals surface area contributed by atoms with Gasteiger partial charge in [-0.05, 0) is 50.4 Å². The van der Waals surface area contributed by atoms with Gasteiger partial charge in [-0.15, -0.1) is 0 Å². The molecule has 3 N–H and O–H groups in total. The van der Waals surface area contributed by atoms with Gasteiger partial charge in [-0.2, -0.15) is 0 Å². The SMILES string of the molecule is CNC(=O)NC(=O)C(C)N1CCCC1CC(O)c1ccc(F)cc1. The van der Waals surface area contributed by atoms with E-state index in [2.05, 4.69) is 10.6 Å². The van der Waals surface area contributed by atoms with Gasteiger partial charge in [-0.3, -0.25) is 15.0 Å². The van der Waals surface area contributed by atoms with Gasteiger partial charge in [-0.1, -0.05) is 12.1 Å². The highest BCUT2D eigenvalue weighted by molar-refractivity contribution is 5.96. The predicted molar refractivity (Wildman–Crippen MR) is 87.8 cm³/mol. The van der Waals surface area contributed by atoms with Crippen LogP contribution < -0.4 is 10.6 Å². The third-order valence-electron chi connectivity index (χ3n) is 4.51. The minimum Gasteiger partial charge on any atom is -0.388 e. The highest BCUT2D eigenvalue weighted by Crippen LogP contribution is 2.29. The van der Waals surface area contributed by atoms with Gasteiger partial charge in [0, 0.05) is 13.1 Å². The van der Waals surface area contributed by atoms with Crippen LogP contribution in [0.2, 0.25) is 0 Å². The van der Waals surface area contributed by atoms with E-state index in [9.17, 15) is 19.1 Å². The van der Waals surface area contributed by atoms with Gasteiger partial charge in [0.1, 0.15) is 5.82 Å². The van der Waals surface area contributed by atoms with Gasteiger partial charge >= 0.3 is 6.03 Å².